The van der Waals surface area contributed by atoms with Gasteiger partial charge in [-0.25, -0.2) is 4.79 Å². The summed E-state index contributed by atoms with van der Waals surface area (Å²) in [5, 5.41) is 16.3. The molecule has 5 rings (SSSR count). The minimum Gasteiger partial charge on any atom is -0.494 e. The van der Waals surface area contributed by atoms with Crippen molar-refractivity contribution in [2.45, 2.75) is 25.4 Å². The molecule has 0 radical (unpaired) electrons. The van der Waals surface area contributed by atoms with E-state index in [-0.39, 0.29) is 17.5 Å². The molecule has 0 saturated carbocycles. The number of aromatic nitrogens is 1. The number of aromatic carboxylic acids is 1. The molecule has 9 nitrogen and oxygen atoms in total. The van der Waals surface area contributed by atoms with Gasteiger partial charge in [0.05, 0.1) is 30.1 Å². The van der Waals surface area contributed by atoms with Crippen LogP contribution in [0.2, 0.25) is 0 Å². The fourth-order valence-electron chi connectivity index (χ4n) is 4.63. The Morgan fingerprint density at radius 1 is 1.13 bits per heavy atom. The van der Waals surface area contributed by atoms with Crippen LogP contribution in [-0.4, -0.2) is 34.2 Å². The largest absolute Gasteiger partial charge is 0.494 e. The van der Waals surface area contributed by atoms with E-state index in [0.29, 0.717) is 45.7 Å². The summed E-state index contributed by atoms with van der Waals surface area (Å²) in [6.07, 6.45) is 2.05. The van der Waals surface area contributed by atoms with Crippen LogP contribution in [0, 0.1) is 0 Å². The molecule has 0 bridgehead atoms. The summed E-state index contributed by atoms with van der Waals surface area (Å²) in [4.78, 5) is 30.3. The summed E-state index contributed by atoms with van der Waals surface area (Å²) in [5.41, 5.74) is 2.64. The molecule has 2 atom stereocenters. The predicted octanol–water partition coefficient (Wildman–Crippen LogP) is 5.57. The third kappa shape index (κ3) is 5.06. The van der Waals surface area contributed by atoms with Gasteiger partial charge >= 0.3 is 5.97 Å². The summed E-state index contributed by atoms with van der Waals surface area (Å²) in [6.45, 7) is 1.78. The number of rotatable bonds is 8. The minimum atomic E-state index is -1.04. The van der Waals surface area contributed by atoms with Gasteiger partial charge in [-0.1, -0.05) is 31.2 Å². The number of amides is 1. The number of furan rings is 1. The van der Waals surface area contributed by atoms with Crippen LogP contribution in [-0.2, 0) is 4.79 Å². The van der Waals surface area contributed by atoms with Gasteiger partial charge in [-0.2, -0.15) is 0 Å². The molecule has 0 spiro atoms. The van der Waals surface area contributed by atoms with Crippen molar-refractivity contribution in [2.75, 3.05) is 17.3 Å². The zero-order chi connectivity index (χ0) is 27.5. The lowest BCUT2D eigenvalue weighted by atomic mass is 10.0. The second-order valence-electron chi connectivity index (χ2n) is 8.84. The first-order chi connectivity index (χ1) is 18.9. The highest BCUT2D eigenvalue weighted by Gasteiger charge is 2.43. The summed E-state index contributed by atoms with van der Waals surface area (Å²) in [7, 11) is 1.54. The normalized spacial score (nSPS) is 16.6. The second kappa shape index (κ2) is 11.0. The first-order valence-corrected chi connectivity index (χ1v) is 12.7. The Morgan fingerprint density at radius 3 is 2.64 bits per heavy atom. The molecule has 0 aliphatic carbocycles. The lowest BCUT2D eigenvalue weighted by molar-refractivity contribution is -0.115. The van der Waals surface area contributed by atoms with Crippen LogP contribution < -0.4 is 20.3 Å². The van der Waals surface area contributed by atoms with Crippen LogP contribution in [0.4, 0.5) is 11.4 Å². The monoisotopic (exact) mass is 542 g/mol. The highest BCUT2D eigenvalue weighted by Crippen LogP contribution is 2.44. The molecule has 2 aromatic carbocycles. The Bertz CT molecular complexity index is 1540. The number of carbonyl (C=O) groups is 2. The van der Waals surface area contributed by atoms with Crippen LogP contribution in [0.15, 0.2) is 83.4 Å². The van der Waals surface area contributed by atoms with E-state index < -0.39 is 12.0 Å². The number of carboxylic acid groups (broad SMARTS) is 1. The number of benzene rings is 2. The maximum Gasteiger partial charge on any atom is 0.336 e. The summed E-state index contributed by atoms with van der Waals surface area (Å²) in [6, 6.07) is 20.5. The van der Waals surface area contributed by atoms with E-state index in [9.17, 15) is 14.7 Å². The van der Waals surface area contributed by atoms with Crippen molar-refractivity contribution < 1.29 is 23.8 Å². The first kappa shape index (κ1) is 25.9. The predicted molar refractivity (Wildman–Crippen MR) is 151 cm³/mol. The third-order valence-corrected chi connectivity index (χ3v) is 6.81. The second-order valence-corrected chi connectivity index (χ2v) is 9.22. The fourth-order valence-corrected chi connectivity index (χ4v) is 4.98. The standard InChI is InChI=1S/C29H26N4O5S/c1-3-25(34)31-20-12-11-17(16-24(20)37-2)33-27(26(32-29(33)39)21-10-6-7-15-30-21)23-14-13-22(38-23)18-8-4-5-9-19(18)28(35)36/h4-16,26-27H,3H2,1-2H3,(H,31,34)(H,32,39)(H,35,36)/t26-,27+/m0/s1. The average Bonchev–Trinajstić information content (AvgIpc) is 3.58. The third-order valence-electron chi connectivity index (χ3n) is 6.50. The zero-order valence-electron chi connectivity index (χ0n) is 21.3. The molecule has 0 unspecified atom stereocenters. The summed E-state index contributed by atoms with van der Waals surface area (Å²) in [5.74, 6) is 0.304. The van der Waals surface area contributed by atoms with Gasteiger partial charge in [0, 0.05) is 29.9 Å². The molecule has 4 aromatic rings. The van der Waals surface area contributed by atoms with Gasteiger partial charge in [-0.05, 0) is 54.7 Å². The van der Waals surface area contributed by atoms with Crippen LogP contribution in [0.5, 0.6) is 5.75 Å². The van der Waals surface area contributed by atoms with Crippen molar-refractivity contribution >= 4 is 40.6 Å². The van der Waals surface area contributed by atoms with Crippen molar-refractivity contribution in [3.63, 3.8) is 0 Å². The molecule has 198 valence electrons. The zero-order valence-corrected chi connectivity index (χ0v) is 22.1. The average molecular weight is 543 g/mol. The molecule has 1 fully saturated rings. The Morgan fingerprint density at radius 2 is 1.92 bits per heavy atom. The maximum atomic E-state index is 12.0. The van der Waals surface area contributed by atoms with Gasteiger partial charge in [-0.3, -0.25) is 9.78 Å². The van der Waals surface area contributed by atoms with Gasteiger partial charge in [-0.15, -0.1) is 0 Å². The molecule has 1 aliphatic rings. The van der Waals surface area contributed by atoms with Crippen LogP contribution in [0.1, 0.15) is 47.2 Å². The molecule has 3 heterocycles. The van der Waals surface area contributed by atoms with E-state index in [0.717, 1.165) is 5.69 Å². The smallest absolute Gasteiger partial charge is 0.336 e. The van der Waals surface area contributed by atoms with Gasteiger partial charge in [0.1, 0.15) is 23.3 Å². The van der Waals surface area contributed by atoms with E-state index in [1.54, 1.807) is 55.6 Å². The number of nitrogens with zero attached hydrogens (tertiary/aromatic N) is 2. The lowest BCUT2D eigenvalue weighted by Gasteiger charge is -2.27. The molecule has 2 aromatic heterocycles. The number of ether oxygens (including phenoxy) is 1. The maximum absolute atomic E-state index is 12.0. The minimum absolute atomic E-state index is 0.128. The molecular formula is C29H26N4O5S. The summed E-state index contributed by atoms with van der Waals surface area (Å²) >= 11 is 5.79. The van der Waals surface area contributed by atoms with Crippen LogP contribution in [0.3, 0.4) is 0 Å². The highest BCUT2D eigenvalue weighted by atomic mass is 32.1. The molecule has 3 N–H and O–H groups in total. The molecule has 10 heteroatoms. The molecule has 1 aliphatic heterocycles. The topological polar surface area (TPSA) is 117 Å². The number of nitrogens with one attached hydrogen (secondary N) is 2. The van der Waals surface area contributed by atoms with Crippen LogP contribution >= 0.6 is 12.2 Å². The van der Waals surface area contributed by atoms with Crippen molar-refractivity contribution in [3.05, 3.63) is 96.0 Å². The fraction of sp³-hybridized carbons (Fsp3) is 0.172. The van der Waals surface area contributed by atoms with Crippen molar-refractivity contribution in [3.8, 4) is 17.1 Å². The number of methoxy groups -OCH3 is 1. The number of thiocarbonyl (C=S) groups is 1. The van der Waals surface area contributed by atoms with Crippen LogP contribution in [0.25, 0.3) is 11.3 Å². The Balaban J connectivity index is 1.60. The summed E-state index contributed by atoms with van der Waals surface area (Å²) < 4.78 is 11.9. The van der Waals surface area contributed by atoms with Crippen molar-refractivity contribution in [2.24, 2.45) is 0 Å². The quantitative estimate of drug-likeness (QED) is 0.246. The van der Waals surface area contributed by atoms with E-state index >= 15 is 0 Å². The Kier molecular flexibility index (Phi) is 7.29. The highest BCUT2D eigenvalue weighted by molar-refractivity contribution is 7.80. The first-order valence-electron chi connectivity index (χ1n) is 12.3. The van der Waals surface area contributed by atoms with Gasteiger partial charge in [0.15, 0.2) is 5.11 Å². The van der Waals surface area contributed by atoms with E-state index in [4.69, 9.17) is 21.4 Å². The van der Waals surface area contributed by atoms with Crippen molar-refractivity contribution in [1.82, 2.24) is 10.3 Å². The molecule has 39 heavy (non-hydrogen) atoms. The number of hydrogen-bond acceptors (Lipinski definition) is 6. The molecule has 1 amide bonds. The number of hydrogen-bond donors (Lipinski definition) is 3. The lowest BCUT2D eigenvalue weighted by Crippen LogP contribution is -2.29. The Hall–Kier alpha value is -4.70. The van der Waals surface area contributed by atoms with Gasteiger partial charge in [0.25, 0.3) is 0 Å². The SMILES string of the molecule is CCC(=O)Nc1ccc(N2C(=S)N[C@@H](c3ccccn3)[C@H]2c2ccc(-c3ccccc3C(=O)O)o2)cc1OC. The van der Waals surface area contributed by atoms with E-state index in [2.05, 4.69) is 15.6 Å². The molecular weight excluding hydrogens is 516 g/mol. The molecule has 1 saturated heterocycles. The van der Waals surface area contributed by atoms with Gasteiger partial charge < -0.3 is 29.8 Å². The number of carboxylic acids is 1. The van der Waals surface area contributed by atoms with E-state index in [1.807, 2.05) is 35.2 Å². The number of pyridine rings is 1. The Labute approximate surface area is 230 Å². The van der Waals surface area contributed by atoms with E-state index in [1.165, 1.54) is 7.11 Å². The van der Waals surface area contributed by atoms with Crippen molar-refractivity contribution in [1.29, 1.82) is 0 Å². The number of anilines is 2. The number of carbonyl (C=O) groups excluding carboxylic acids is 1. The van der Waals surface area contributed by atoms with Gasteiger partial charge in [0.2, 0.25) is 5.91 Å².